The molecule has 2 aromatic rings. The van der Waals surface area contributed by atoms with Gasteiger partial charge in [-0.3, -0.25) is 4.79 Å². The van der Waals surface area contributed by atoms with Gasteiger partial charge in [-0.2, -0.15) is 13.2 Å². The number of fused-ring (bicyclic) bond motifs is 1. The fraction of sp³-hybridized carbons (Fsp3) is 0.400. The molecule has 0 bridgehead atoms. The van der Waals surface area contributed by atoms with E-state index < -0.39 is 29.8 Å². The monoisotopic (exact) mass is 358 g/mol. The number of carboxylic acids is 1. The van der Waals surface area contributed by atoms with Gasteiger partial charge < -0.3 is 10.0 Å². The molecule has 1 amide bonds. The van der Waals surface area contributed by atoms with Gasteiger partial charge in [0.05, 0.1) is 4.88 Å². The standard InChI is InChI=1S/C15H13F3N2O3S/c1-7-8-4-5-10(15(16,17)18)19-12(8)24-11(7)13(21)20-6-2-3-9(20)14(22)23/h4-5,9H,2-3,6H2,1H3,(H,22,23)/t9-/m1/s1. The van der Waals surface area contributed by atoms with Crippen molar-refractivity contribution in [1.82, 2.24) is 9.88 Å². The van der Waals surface area contributed by atoms with E-state index in [0.717, 1.165) is 17.4 Å². The summed E-state index contributed by atoms with van der Waals surface area (Å²) in [7, 11) is 0. The molecule has 9 heteroatoms. The van der Waals surface area contributed by atoms with E-state index in [4.69, 9.17) is 0 Å². The second-order valence-electron chi connectivity index (χ2n) is 5.60. The van der Waals surface area contributed by atoms with Crippen LogP contribution in [-0.4, -0.2) is 39.5 Å². The number of hydrogen-bond donors (Lipinski definition) is 1. The van der Waals surface area contributed by atoms with Crippen molar-refractivity contribution in [3.05, 3.63) is 28.3 Å². The maximum atomic E-state index is 12.8. The lowest BCUT2D eigenvalue weighted by molar-refractivity contribution is -0.142. The van der Waals surface area contributed by atoms with Crippen LogP contribution in [0.1, 0.15) is 33.8 Å². The number of nitrogens with zero attached hydrogens (tertiary/aromatic N) is 2. The Morgan fingerprint density at radius 2 is 2.08 bits per heavy atom. The number of amides is 1. The third-order valence-electron chi connectivity index (χ3n) is 4.09. The van der Waals surface area contributed by atoms with E-state index in [1.807, 2.05) is 0 Å². The molecule has 24 heavy (non-hydrogen) atoms. The van der Waals surface area contributed by atoms with Gasteiger partial charge in [0.15, 0.2) is 0 Å². The number of carbonyl (C=O) groups excluding carboxylic acids is 1. The van der Waals surface area contributed by atoms with Crippen LogP contribution in [0.15, 0.2) is 12.1 Å². The highest BCUT2D eigenvalue weighted by Gasteiger charge is 2.36. The van der Waals surface area contributed by atoms with E-state index in [9.17, 15) is 27.9 Å². The van der Waals surface area contributed by atoms with Gasteiger partial charge in [-0.15, -0.1) is 11.3 Å². The highest BCUT2D eigenvalue weighted by atomic mass is 32.1. The first kappa shape index (κ1) is 16.7. The second-order valence-corrected chi connectivity index (χ2v) is 6.60. The minimum Gasteiger partial charge on any atom is -0.480 e. The summed E-state index contributed by atoms with van der Waals surface area (Å²) < 4.78 is 38.3. The largest absolute Gasteiger partial charge is 0.480 e. The molecule has 2 aromatic heterocycles. The van der Waals surface area contributed by atoms with Gasteiger partial charge in [0.25, 0.3) is 5.91 Å². The van der Waals surface area contributed by atoms with Crippen molar-refractivity contribution < 1.29 is 27.9 Å². The van der Waals surface area contributed by atoms with Crippen LogP contribution in [0.4, 0.5) is 13.2 Å². The summed E-state index contributed by atoms with van der Waals surface area (Å²) in [5.41, 5.74) is -0.489. The molecule has 0 saturated carbocycles. The van der Waals surface area contributed by atoms with E-state index in [2.05, 4.69) is 4.98 Å². The number of alkyl halides is 3. The number of carboxylic acid groups (broad SMARTS) is 1. The van der Waals surface area contributed by atoms with Crippen molar-refractivity contribution in [3.8, 4) is 0 Å². The molecule has 1 fully saturated rings. The molecular formula is C15H13F3N2O3S. The average molecular weight is 358 g/mol. The molecule has 0 aliphatic carbocycles. The summed E-state index contributed by atoms with van der Waals surface area (Å²) in [6.07, 6.45) is -3.59. The molecule has 1 aliphatic heterocycles. The molecule has 3 rings (SSSR count). The predicted molar refractivity (Wildman–Crippen MR) is 81.1 cm³/mol. The van der Waals surface area contributed by atoms with Crippen molar-refractivity contribution in [1.29, 1.82) is 0 Å². The number of pyridine rings is 1. The second kappa shape index (κ2) is 5.73. The number of hydrogen-bond acceptors (Lipinski definition) is 4. The number of rotatable bonds is 2. The summed E-state index contributed by atoms with van der Waals surface area (Å²) in [5.74, 6) is -1.54. The van der Waals surface area contributed by atoms with Gasteiger partial charge in [-0.25, -0.2) is 9.78 Å². The molecule has 5 nitrogen and oxygen atoms in total. The Balaban J connectivity index is 2.02. The van der Waals surface area contributed by atoms with Crippen molar-refractivity contribution in [2.75, 3.05) is 6.54 Å². The number of likely N-dealkylation sites (tertiary alicyclic amines) is 1. The Bertz CT molecular complexity index is 831. The Morgan fingerprint density at radius 3 is 2.71 bits per heavy atom. The van der Waals surface area contributed by atoms with Gasteiger partial charge in [-0.1, -0.05) is 0 Å². The maximum absolute atomic E-state index is 12.8. The van der Waals surface area contributed by atoms with E-state index in [-0.39, 0.29) is 9.71 Å². The van der Waals surface area contributed by atoms with E-state index in [1.165, 1.54) is 11.0 Å². The highest BCUT2D eigenvalue weighted by molar-refractivity contribution is 7.20. The summed E-state index contributed by atoms with van der Waals surface area (Å²) in [6.45, 7) is 1.96. The van der Waals surface area contributed by atoms with Crippen LogP contribution in [-0.2, 0) is 11.0 Å². The molecule has 1 atom stereocenters. The average Bonchev–Trinajstić information content (AvgIpc) is 3.10. The number of halogens is 3. The van der Waals surface area contributed by atoms with Crippen LogP contribution in [0.2, 0.25) is 0 Å². The van der Waals surface area contributed by atoms with Crippen LogP contribution in [0.25, 0.3) is 10.2 Å². The van der Waals surface area contributed by atoms with Crippen molar-refractivity contribution >= 4 is 33.4 Å². The number of thiophene rings is 1. The third-order valence-corrected chi connectivity index (χ3v) is 5.28. The van der Waals surface area contributed by atoms with Crippen LogP contribution in [0.5, 0.6) is 0 Å². The first-order valence-corrected chi connectivity index (χ1v) is 8.03. The zero-order valence-electron chi connectivity index (χ0n) is 12.6. The minimum atomic E-state index is -4.56. The number of aromatic nitrogens is 1. The van der Waals surface area contributed by atoms with Crippen LogP contribution < -0.4 is 0 Å². The first-order valence-electron chi connectivity index (χ1n) is 7.21. The number of carbonyl (C=O) groups is 2. The Hall–Kier alpha value is -2.16. The smallest absolute Gasteiger partial charge is 0.433 e. The topological polar surface area (TPSA) is 70.5 Å². The van der Waals surface area contributed by atoms with E-state index in [1.54, 1.807) is 6.92 Å². The lowest BCUT2D eigenvalue weighted by Crippen LogP contribution is -2.40. The molecule has 1 saturated heterocycles. The van der Waals surface area contributed by atoms with E-state index in [0.29, 0.717) is 30.3 Å². The van der Waals surface area contributed by atoms with E-state index >= 15 is 0 Å². The van der Waals surface area contributed by atoms with Gasteiger partial charge in [0, 0.05) is 11.9 Å². The Labute approximate surface area is 138 Å². The van der Waals surface area contributed by atoms with Crippen LogP contribution >= 0.6 is 11.3 Å². The predicted octanol–water partition coefficient (Wildman–Crippen LogP) is 3.31. The van der Waals surface area contributed by atoms with Gasteiger partial charge in [0.2, 0.25) is 0 Å². The minimum absolute atomic E-state index is 0.122. The summed E-state index contributed by atoms with van der Waals surface area (Å²) >= 11 is 0.868. The Morgan fingerprint density at radius 1 is 1.38 bits per heavy atom. The lowest BCUT2D eigenvalue weighted by atomic mass is 10.1. The number of aryl methyl sites for hydroxylation is 1. The van der Waals surface area contributed by atoms with Gasteiger partial charge in [-0.05, 0) is 37.5 Å². The molecule has 0 unspecified atom stereocenters. The zero-order valence-corrected chi connectivity index (χ0v) is 13.4. The van der Waals surface area contributed by atoms with Gasteiger partial charge in [0.1, 0.15) is 16.6 Å². The zero-order chi connectivity index (χ0) is 17.6. The molecule has 0 aromatic carbocycles. The molecule has 0 spiro atoms. The van der Waals surface area contributed by atoms with Crippen molar-refractivity contribution in [2.45, 2.75) is 32.0 Å². The molecule has 3 heterocycles. The van der Waals surface area contributed by atoms with Crippen molar-refractivity contribution in [3.63, 3.8) is 0 Å². The van der Waals surface area contributed by atoms with Crippen LogP contribution in [0, 0.1) is 6.92 Å². The summed E-state index contributed by atoms with van der Waals surface area (Å²) in [4.78, 5) is 29.1. The van der Waals surface area contributed by atoms with Gasteiger partial charge >= 0.3 is 12.1 Å². The molecular weight excluding hydrogens is 345 g/mol. The fourth-order valence-electron chi connectivity index (χ4n) is 2.86. The quantitative estimate of drug-likeness (QED) is 0.894. The third kappa shape index (κ3) is 2.72. The molecule has 128 valence electrons. The first-order chi connectivity index (χ1) is 11.2. The normalized spacial score (nSPS) is 18.3. The summed E-state index contributed by atoms with van der Waals surface area (Å²) in [6, 6.07) is 1.29. The summed E-state index contributed by atoms with van der Waals surface area (Å²) in [5, 5.41) is 9.66. The molecule has 0 radical (unpaired) electrons. The number of aliphatic carboxylic acids is 1. The Kier molecular flexibility index (Phi) is 3.98. The lowest BCUT2D eigenvalue weighted by Gasteiger charge is -2.20. The van der Waals surface area contributed by atoms with Crippen molar-refractivity contribution in [2.24, 2.45) is 0 Å². The molecule has 1 aliphatic rings. The molecule has 1 N–H and O–H groups in total. The SMILES string of the molecule is Cc1c(C(=O)N2CCC[C@@H]2C(=O)O)sc2nc(C(F)(F)F)ccc12. The highest BCUT2D eigenvalue weighted by Crippen LogP contribution is 2.35. The maximum Gasteiger partial charge on any atom is 0.433 e. The van der Waals surface area contributed by atoms with Crippen LogP contribution in [0.3, 0.4) is 0 Å². The fourth-order valence-corrected chi connectivity index (χ4v) is 3.99.